The maximum atomic E-state index is 14.1. The molecule has 236 valence electrons. The third-order valence-electron chi connectivity index (χ3n) is 7.98. The molecule has 12 heteroatoms. The lowest BCUT2D eigenvalue weighted by Gasteiger charge is -2.28. The molecule has 2 aromatic heterocycles. The average molecular weight is 630 g/mol. The summed E-state index contributed by atoms with van der Waals surface area (Å²) in [7, 11) is 0. The van der Waals surface area contributed by atoms with Crippen LogP contribution in [-0.2, 0) is 16.1 Å². The number of nitrogens with one attached hydrogen (secondary N) is 3. The van der Waals surface area contributed by atoms with Crippen LogP contribution in [0.5, 0.6) is 0 Å². The fourth-order valence-corrected chi connectivity index (χ4v) is 6.00. The topological polar surface area (TPSA) is 142 Å². The molecule has 0 radical (unpaired) electrons. The number of amides is 3. The third kappa shape index (κ3) is 7.44. The van der Waals surface area contributed by atoms with Crippen molar-refractivity contribution < 1.29 is 14.4 Å². The average Bonchev–Trinajstić information content (AvgIpc) is 3.47. The van der Waals surface area contributed by atoms with Gasteiger partial charge in [-0.3, -0.25) is 19.2 Å². The fraction of sp³-hybridized carbons (Fsp3) is 0.394. The summed E-state index contributed by atoms with van der Waals surface area (Å²) in [6, 6.07) is 15.4. The zero-order valence-corrected chi connectivity index (χ0v) is 26.6. The molecule has 1 aliphatic heterocycles. The van der Waals surface area contributed by atoms with Crippen molar-refractivity contribution in [2.45, 2.75) is 51.7 Å². The molecule has 45 heavy (non-hydrogen) atoms. The standard InChI is InChI=1S/C33H39N7O4S/c1-21(2)28-30-37-29(22-10-5-4-6-11-22)38-40(30)18-17-39(16-9-14-27(41)35-26(15-19-45-3)32(43)36-28)33(44)25-20-34-31(42)24-13-8-7-12-23(24)25/h4-8,10-13,20-21,26,28H,9,14-19H2,1-3H3,(H,34,42)(H,35,41)(H,36,43)/t26-,28+/m0/s1. The minimum absolute atomic E-state index is 0.0458. The Kier molecular flexibility index (Phi) is 10.3. The summed E-state index contributed by atoms with van der Waals surface area (Å²) in [5.74, 6) is 0.991. The van der Waals surface area contributed by atoms with Crippen LogP contribution in [0.15, 0.2) is 65.6 Å². The Hall–Kier alpha value is -4.45. The predicted octanol–water partition coefficient (Wildman–Crippen LogP) is 3.77. The highest BCUT2D eigenvalue weighted by molar-refractivity contribution is 7.98. The van der Waals surface area contributed by atoms with Crippen molar-refractivity contribution in [2.24, 2.45) is 5.92 Å². The first-order valence-electron chi connectivity index (χ1n) is 15.3. The molecular formula is C33H39N7O4S. The molecule has 4 aromatic rings. The second-order valence-electron chi connectivity index (χ2n) is 11.5. The first-order chi connectivity index (χ1) is 21.8. The number of fused-ring (bicyclic) bond motifs is 2. The number of hydrogen-bond donors (Lipinski definition) is 3. The number of nitrogens with zero attached hydrogens (tertiary/aromatic N) is 4. The fourth-order valence-electron chi connectivity index (χ4n) is 5.53. The van der Waals surface area contributed by atoms with Crippen molar-refractivity contribution in [3.05, 3.63) is 82.5 Å². The summed E-state index contributed by atoms with van der Waals surface area (Å²) < 4.78 is 1.78. The molecule has 2 aromatic carbocycles. The Labute approximate surface area is 266 Å². The van der Waals surface area contributed by atoms with E-state index in [-0.39, 0.29) is 42.2 Å². The van der Waals surface area contributed by atoms with Crippen LogP contribution in [0.4, 0.5) is 0 Å². The van der Waals surface area contributed by atoms with Gasteiger partial charge in [0.2, 0.25) is 11.8 Å². The van der Waals surface area contributed by atoms with Gasteiger partial charge in [0.25, 0.3) is 11.5 Å². The summed E-state index contributed by atoms with van der Waals surface area (Å²) in [4.78, 5) is 62.5. The summed E-state index contributed by atoms with van der Waals surface area (Å²) in [5.41, 5.74) is 0.948. The van der Waals surface area contributed by atoms with Crippen molar-refractivity contribution in [2.75, 3.05) is 25.1 Å². The largest absolute Gasteiger partial charge is 0.344 e. The van der Waals surface area contributed by atoms with Crippen LogP contribution in [0.2, 0.25) is 0 Å². The Morgan fingerprint density at radius 2 is 1.71 bits per heavy atom. The second kappa shape index (κ2) is 14.6. The van der Waals surface area contributed by atoms with Crippen molar-refractivity contribution in [1.82, 2.24) is 35.3 Å². The highest BCUT2D eigenvalue weighted by Gasteiger charge is 2.30. The molecule has 1 aliphatic rings. The van der Waals surface area contributed by atoms with E-state index < -0.39 is 12.1 Å². The van der Waals surface area contributed by atoms with E-state index in [1.54, 1.807) is 45.6 Å². The van der Waals surface area contributed by atoms with Gasteiger partial charge in [-0.05, 0) is 36.8 Å². The molecule has 0 saturated carbocycles. The summed E-state index contributed by atoms with van der Waals surface area (Å²) >= 11 is 1.61. The minimum Gasteiger partial charge on any atom is -0.344 e. The van der Waals surface area contributed by atoms with E-state index in [1.165, 1.54) is 6.20 Å². The number of carbonyl (C=O) groups is 3. The number of rotatable bonds is 6. The molecular weight excluding hydrogens is 590 g/mol. The van der Waals surface area contributed by atoms with Crippen molar-refractivity contribution >= 4 is 40.3 Å². The van der Waals surface area contributed by atoms with E-state index in [2.05, 4.69) is 15.6 Å². The summed E-state index contributed by atoms with van der Waals surface area (Å²) in [6.07, 6.45) is 4.45. The van der Waals surface area contributed by atoms with Gasteiger partial charge in [-0.1, -0.05) is 62.4 Å². The van der Waals surface area contributed by atoms with Gasteiger partial charge in [0, 0.05) is 42.0 Å². The summed E-state index contributed by atoms with van der Waals surface area (Å²) in [6.45, 7) is 4.88. The summed E-state index contributed by atoms with van der Waals surface area (Å²) in [5, 5.41) is 11.9. The molecule has 0 spiro atoms. The van der Waals surface area contributed by atoms with Crippen LogP contribution >= 0.6 is 11.8 Å². The molecule has 0 aliphatic carbocycles. The van der Waals surface area contributed by atoms with Crippen LogP contribution < -0.4 is 16.2 Å². The van der Waals surface area contributed by atoms with Gasteiger partial charge in [0.05, 0.1) is 18.2 Å². The maximum Gasteiger partial charge on any atom is 0.256 e. The zero-order valence-electron chi connectivity index (χ0n) is 25.8. The second-order valence-corrected chi connectivity index (χ2v) is 12.5. The van der Waals surface area contributed by atoms with Gasteiger partial charge in [-0.2, -0.15) is 16.9 Å². The molecule has 2 atom stereocenters. The Balaban J connectivity index is 1.55. The molecule has 0 unspecified atom stereocenters. The van der Waals surface area contributed by atoms with Crippen LogP contribution in [0.1, 0.15) is 55.3 Å². The monoisotopic (exact) mass is 629 g/mol. The third-order valence-corrected chi connectivity index (χ3v) is 8.62. The SMILES string of the molecule is CSCC[C@@H]1NC(=O)CCCN(C(=O)c2c[nH]c(=O)c3ccccc23)CCn2nc(-c3ccccc3)nc2[C@@H](C(C)C)NC1=O. The van der Waals surface area contributed by atoms with E-state index in [1.807, 2.05) is 50.4 Å². The smallest absolute Gasteiger partial charge is 0.256 e. The number of thioether (sulfide) groups is 1. The number of H-pyrrole nitrogens is 1. The van der Waals surface area contributed by atoms with Gasteiger partial charge >= 0.3 is 0 Å². The highest BCUT2D eigenvalue weighted by Crippen LogP contribution is 2.25. The van der Waals surface area contributed by atoms with E-state index in [4.69, 9.17) is 10.1 Å². The molecule has 3 heterocycles. The van der Waals surface area contributed by atoms with Crippen LogP contribution in [0, 0.1) is 5.92 Å². The molecule has 0 bridgehead atoms. The molecule has 0 fully saturated rings. The lowest BCUT2D eigenvalue weighted by Crippen LogP contribution is -2.49. The van der Waals surface area contributed by atoms with Crippen LogP contribution in [-0.4, -0.2) is 73.5 Å². The molecule has 5 rings (SSSR count). The minimum atomic E-state index is -0.704. The van der Waals surface area contributed by atoms with Gasteiger partial charge in [0.15, 0.2) is 11.6 Å². The van der Waals surface area contributed by atoms with Crippen molar-refractivity contribution in [3.63, 3.8) is 0 Å². The Morgan fingerprint density at radius 3 is 2.44 bits per heavy atom. The number of benzene rings is 2. The van der Waals surface area contributed by atoms with Crippen LogP contribution in [0.25, 0.3) is 22.2 Å². The van der Waals surface area contributed by atoms with E-state index >= 15 is 0 Å². The van der Waals surface area contributed by atoms with Crippen molar-refractivity contribution in [1.29, 1.82) is 0 Å². The number of hydrogen-bond acceptors (Lipinski definition) is 7. The normalized spacial score (nSPS) is 18.3. The van der Waals surface area contributed by atoms with Gasteiger partial charge < -0.3 is 20.5 Å². The van der Waals surface area contributed by atoms with Gasteiger partial charge in [-0.25, -0.2) is 9.67 Å². The zero-order chi connectivity index (χ0) is 31.9. The quantitative estimate of drug-likeness (QED) is 0.295. The van der Waals surface area contributed by atoms with Crippen molar-refractivity contribution in [3.8, 4) is 11.4 Å². The molecule has 11 nitrogen and oxygen atoms in total. The van der Waals surface area contributed by atoms with E-state index in [0.717, 1.165) is 5.56 Å². The molecule has 3 amide bonds. The predicted molar refractivity (Wildman–Crippen MR) is 176 cm³/mol. The lowest BCUT2D eigenvalue weighted by atomic mass is 10.0. The van der Waals surface area contributed by atoms with Gasteiger partial charge in [0.1, 0.15) is 6.04 Å². The lowest BCUT2D eigenvalue weighted by molar-refractivity contribution is -0.129. The van der Waals surface area contributed by atoms with Crippen LogP contribution in [0.3, 0.4) is 0 Å². The highest BCUT2D eigenvalue weighted by atomic mass is 32.2. The van der Waals surface area contributed by atoms with Gasteiger partial charge in [-0.15, -0.1) is 0 Å². The molecule has 3 N–H and O–H groups in total. The maximum absolute atomic E-state index is 14.1. The number of aromatic nitrogens is 4. The number of carbonyl (C=O) groups excluding carboxylic acids is 3. The number of pyridine rings is 1. The van der Waals surface area contributed by atoms with E-state index in [0.29, 0.717) is 59.7 Å². The Morgan fingerprint density at radius 1 is 0.978 bits per heavy atom. The first kappa shape index (κ1) is 32.0. The Bertz CT molecular complexity index is 1720. The first-order valence-corrected chi connectivity index (χ1v) is 16.6. The van der Waals surface area contributed by atoms with E-state index in [9.17, 15) is 19.2 Å². The molecule has 0 saturated heterocycles. The number of aromatic amines is 1.